The van der Waals surface area contributed by atoms with Crippen molar-refractivity contribution < 1.29 is 28.2 Å². The van der Waals surface area contributed by atoms with Crippen molar-refractivity contribution in [3.8, 4) is 0 Å². The van der Waals surface area contributed by atoms with Crippen molar-refractivity contribution in [3.05, 3.63) is 97.6 Å². The molecule has 0 saturated heterocycles. The molecule has 7 nitrogen and oxygen atoms in total. The fourth-order valence-corrected chi connectivity index (χ4v) is 6.20. The van der Waals surface area contributed by atoms with Crippen LogP contribution in [0.3, 0.4) is 0 Å². The molecule has 1 saturated carbocycles. The molecule has 1 aromatic heterocycles. The summed E-state index contributed by atoms with van der Waals surface area (Å²) in [7, 11) is 0. The van der Waals surface area contributed by atoms with Gasteiger partial charge in [0, 0.05) is 22.8 Å². The Morgan fingerprint density at radius 1 is 1.10 bits per heavy atom. The quantitative estimate of drug-likeness (QED) is 0.238. The minimum absolute atomic E-state index is 0.0778. The molecule has 2 aromatic carbocycles. The van der Waals surface area contributed by atoms with Gasteiger partial charge in [-0.25, -0.2) is 23.4 Å². The number of aromatic carboxylic acids is 1. The SMILES string of the molecule is CCOC(=O)C1=C(C2CCC(c3ccc(C(=O)O)cc3)CC2)NC(c2nccs2)=NC1c1ccc(F)c(F)c1Cl. The summed E-state index contributed by atoms with van der Waals surface area (Å²) in [6.07, 6.45) is 4.69. The Hall–Kier alpha value is -3.63. The first-order chi connectivity index (χ1) is 19.3. The molecule has 208 valence electrons. The number of ether oxygens (including phenoxy) is 1. The van der Waals surface area contributed by atoms with Crippen molar-refractivity contribution >= 4 is 40.7 Å². The predicted octanol–water partition coefficient (Wildman–Crippen LogP) is 6.66. The van der Waals surface area contributed by atoms with Crippen LogP contribution in [0.4, 0.5) is 8.78 Å². The molecular weight excluding hydrogens is 560 g/mol. The van der Waals surface area contributed by atoms with Crippen LogP contribution < -0.4 is 5.32 Å². The van der Waals surface area contributed by atoms with Gasteiger partial charge in [0.05, 0.1) is 22.8 Å². The number of carboxylic acid groups (broad SMARTS) is 1. The van der Waals surface area contributed by atoms with Gasteiger partial charge in [0.2, 0.25) is 0 Å². The van der Waals surface area contributed by atoms with E-state index < -0.39 is 34.6 Å². The van der Waals surface area contributed by atoms with Crippen LogP contribution in [0, 0.1) is 17.6 Å². The van der Waals surface area contributed by atoms with Gasteiger partial charge in [-0.1, -0.05) is 29.8 Å². The lowest BCUT2D eigenvalue weighted by molar-refractivity contribution is -0.139. The van der Waals surface area contributed by atoms with Gasteiger partial charge in [0.15, 0.2) is 22.5 Å². The van der Waals surface area contributed by atoms with E-state index in [2.05, 4.69) is 10.3 Å². The standard InChI is InChI=1S/C29H26ClF2N3O4S/c1-2-39-29(38)21-24(17-7-3-15(4-8-17)16-5-9-18(10-6-16)28(36)37)34-26(27-33-13-14-40-27)35-25(21)19-11-12-20(31)23(32)22(19)30/h5-6,9-15,17,25H,2-4,7-8H2,1H3,(H,34,35)(H,36,37). The number of allylic oxidation sites excluding steroid dienone is 1. The Morgan fingerprint density at radius 3 is 2.42 bits per heavy atom. The van der Waals surface area contributed by atoms with Gasteiger partial charge in [0.25, 0.3) is 0 Å². The maximum atomic E-state index is 14.6. The highest BCUT2D eigenvalue weighted by Gasteiger charge is 2.38. The van der Waals surface area contributed by atoms with E-state index in [0.717, 1.165) is 37.3 Å². The highest BCUT2D eigenvalue weighted by molar-refractivity contribution is 7.11. The molecule has 1 aliphatic carbocycles. The number of benzene rings is 2. The van der Waals surface area contributed by atoms with Crippen LogP contribution >= 0.6 is 22.9 Å². The average Bonchev–Trinajstić information content (AvgIpc) is 3.51. The Labute approximate surface area is 238 Å². The van der Waals surface area contributed by atoms with Gasteiger partial charge < -0.3 is 15.2 Å². The lowest BCUT2D eigenvalue weighted by Gasteiger charge is -2.35. The monoisotopic (exact) mass is 585 g/mol. The number of hydrogen-bond acceptors (Lipinski definition) is 7. The minimum atomic E-state index is -1.21. The second-order valence-corrected chi connectivity index (χ2v) is 10.9. The number of nitrogens with one attached hydrogen (secondary N) is 1. The average molecular weight is 586 g/mol. The zero-order valence-electron chi connectivity index (χ0n) is 21.5. The smallest absolute Gasteiger partial charge is 0.338 e. The second kappa shape index (κ2) is 11.9. The normalized spacial score (nSPS) is 21.0. The van der Waals surface area contributed by atoms with Gasteiger partial charge >= 0.3 is 11.9 Å². The van der Waals surface area contributed by atoms with Gasteiger partial charge in [0.1, 0.15) is 6.04 Å². The first-order valence-electron chi connectivity index (χ1n) is 12.9. The van der Waals surface area contributed by atoms with Gasteiger partial charge in [-0.2, -0.15) is 0 Å². The molecule has 40 heavy (non-hydrogen) atoms. The highest BCUT2D eigenvalue weighted by atomic mass is 35.5. The first-order valence-corrected chi connectivity index (χ1v) is 14.2. The van der Waals surface area contributed by atoms with Crippen molar-refractivity contribution in [1.29, 1.82) is 0 Å². The Morgan fingerprint density at radius 2 is 1.80 bits per heavy atom. The molecule has 11 heteroatoms. The zero-order chi connectivity index (χ0) is 28.4. The van der Waals surface area contributed by atoms with E-state index in [1.807, 2.05) is 12.1 Å². The molecular formula is C29H26ClF2N3O4S. The van der Waals surface area contributed by atoms with Crippen LogP contribution in [0.2, 0.25) is 5.02 Å². The third-order valence-electron chi connectivity index (χ3n) is 7.33. The van der Waals surface area contributed by atoms with Crippen LogP contribution in [0.1, 0.15) is 71.1 Å². The summed E-state index contributed by atoms with van der Waals surface area (Å²) >= 11 is 7.63. The van der Waals surface area contributed by atoms with E-state index in [-0.39, 0.29) is 35.1 Å². The summed E-state index contributed by atoms with van der Waals surface area (Å²) in [6.45, 7) is 1.81. The molecule has 2 heterocycles. The van der Waals surface area contributed by atoms with Gasteiger partial charge in [-0.15, -0.1) is 11.3 Å². The molecule has 5 rings (SSSR count). The van der Waals surface area contributed by atoms with E-state index >= 15 is 0 Å². The maximum absolute atomic E-state index is 14.6. The van der Waals surface area contributed by atoms with Crippen LogP contribution in [0.5, 0.6) is 0 Å². The first kappa shape index (κ1) is 27.9. The van der Waals surface area contributed by atoms with E-state index in [1.54, 1.807) is 30.6 Å². The number of rotatable bonds is 7. The fourth-order valence-electron chi connectivity index (χ4n) is 5.36. The molecule has 2 N–H and O–H groups in total. The van der Waals surface area contributed by atoms with Crippen LogP contribution in [-0.4, -0.2) is 34.5 Å². The summed E-state index contributed by atoms with van der Waals surface area (Å²) in [5.74, 6) is -3.31. The molecule has 3 aromatic rings. The van der Waals surface area contributed by atoms with Crippen molar-refractivity contribution in [2.45, 2.75) is 44.6 Å². The highest BCUT2D eigenvalue weighted by Crippen LogP contribution is 2.44. The van der Waals surface area contributed by atoms with Crippen LogP contribution in [0.15, 0.2) is 64.2 Å². The van der Waals surface area contributed by atoms with Crippen molar-refractivity contribution in [1.82, 2.24) is 10.3 Å². The molecule has 0 spiro atoms. The maximum Gasteiger partial charge on any atom is 0.338 e. The van der Waals surface area contributed by atoms with Crippen molar-refractivity contribution in [2.24, 2.45) is 10.9 Å². The number of carbonyl (C=O) groups excluding carboxylic acids is 1. The molecule has 1 atom stereocenters. The molecule has 1 unspecified atom stereocenters. The Bertz CT molecular complexity index is 1480. The number of amidine groups is 1. The number of nitrogens with zero attached hydrogens (tertiary/aromatic N) is 2. The van der Waals surface area contributed by atoms with Gasteiger partial charge in [-0.3, -0.25) is 4.99 Å². The number of aromatic nitrogens is 1. The molecule has 1 aliphatic heterocycles. The summed E-state index contributed by atoms with van der Waals surface area (Å²) < 4.78 is 33.9. The minimum Gasteiger partial charge on any atom is -0.478 e. The number of hydrogen-bond donors (Lipinski definition) is 2. The molecule has 0 bridgehead atoms. The van der Waals surface area contributed by atoms with Gasteiger partial charge in [-0.05, 0) is 68.2 Å². The summed E-state index contributed by atoms with van der Waals surface area (Å²) in [5, 5.41) is 14.5. The van der Waals surface area contributed by atoms with E-state index in [1.165, 1.54) is 17.4 Å². The fraction of sp³-hybridized carbons (Fsp3) is 0.310. The Kier molecular flexibility index (Phi) is 8.27. The van der Waals surface area contributed by atoms with Crippen LogP contribution in [-0.2, 0) is 9.53 Å². The van der Waals surface area contributed by atoms with Crippen molar-refractivity contribution in [2.75, 3.05) is 6.61 Å². The number of halogens is 3. The van der Waals surface area contributed by atoms with Crippen molar-refractivity contribution in [3.63, 3.8) is 0 Å². The third kappa shape index (κ3) is 5.51. The largest absolute Gasteiger partial charge is 0.478 e. The van der Waals surface area contributed by atoms with E-state index in [9.17, 15) is 23.5 Å². The Balaban J connectivity index is 1.52. The lowest BCUT2D eigenvalue weighted by atomic mass is 9.75. The predicted molar refractivity (Wildman–Crippen MR) is 148 cm³/mol. The summed E-state index contributed by atoms with van der Waals surface area (Å²) in [5.41, 5.74) is 2.29. The summed E-state index contributed by atoms with van der Waals surface area (Å²) in [6, 6.07) is 8.21. The molecule has 2 aliphatic rings. The number of carbonyl (C=O) groups is 2. The molecule has 1 fully saturated rings. The second-order valence-electron chi connectivity index (χ2n) is 9.63. The zero-order valence-corrected chi connectivity index (χ0v) is 23.1. The molecule has 0 radical (unpaired) electrons. The topological polar surface area (TPSA) is 101 Å². The number of thiazole rings is 1. The number of esters is 1. The number of carboxylic acids is 1. The third-order valence-corrected chi connectivity index (χ3v) is 8.49. The summed E-state index contributed by atoms with van der Waals surface area (Å²) in [4.78, 5) is 33.7. The van der Waals surface area contributed by atoms with Crippen LogP contribution in [0.25, 0.3) is 0 Å². The van der Waals surface area contributed by atoms with E-state index in [0.29, 0.717) is 16.5 Å². The van der Waals surface area contributed by atoms with E-state index in [4.69, 9.17) is 21.3 Å². The number of aliphatic imine (C=N–C) groups is 1. The molecule has 0 amide bonds. The lowest BCUT2D eigenvalue weighted by Crippen LogP contribution is -2.38.